The smallest absolute Gasteiger partial charge is 0.326 e. The molecule has 1 N–H and O–H groups in total. The second-order valence-corrected chi connectivity index (χ2v) is 10.7. The Kier molecular flexibility index (Phi) is 7.52. The SMILES string of the molecule is Cc1ccc2c(c1OCc1ccccc1)C[C@@H](C(=O)O)N(C(=O)[C@@H](OC1(C)CCCC1)c1ccccc1)C2. The van der Waals surface area contributed by atoms with Gasteiger partial charge in [-0.05, 0) is 48.9 Å². The highest BCUT2D eigenvalue weighted by molar-refractivity contribution is 5.88. The highest BCUT2D eigenvalue weighted by Gasteiger charge is 2.42. The summed E-state index contributed by atoms with van der Waals surface area (Å²) in [7, 11) is 0. The van der Waals surface area contributed by atoms with Crippen LogP contribution in [0.5, 0.6) is 5.75 Å². The van der Waals surface area contributed by atoms with Crippen LogP contribution in [-0.2, 0) is 33.9 Å². The number of fused-ring (bicyclic) bond motifs is 1. The lowest BCUT2D eigenvalue weighted by Crippen LogP contribution is -2.51. The third-order valence-electron chi connectivity index (χ3n) is 7.85. The van der Waals surface area contributed by atoms with Gasteiger partial charge in [0.05, 0.1) is 5.60 Å². The molecule has 1 aliphatic heterocycles. The van der Waals surface area contributed by atoms with E-state index in [1.54, 1.807) is 0 Å². The van der Waals surface area contributed by atoms with Crippen LogP contribution >= 0.6 is 0 Å². The van der Waals surface area contributed by atoms with Crippen molar-refractivity contribution in [1.82, 2.24) is 4.90 Å². The molecule has 3 aromatic carbocycles. The molecule has 198 valence electrons. The molecule has 1 heterocycles. The highest BCUT2D eigenvalue weighted by atomic mass is 16.5. The quantitative estimate of drug-likeness (QED) is 0.400. The second kappa shape index (κ2) is 11.0. The Labute approximate surface area is 224 Å². The first kappa shape index (κ1) is 26.0. The number of carboxylic acids is 1. The highest BCUT2D eigenvalue weighted by Crippen LogP contribution is 2.40. The minimum absolute atomic E-state index is 0.182. The molecule has 6 heteroatoms. The van der Waals surface area contributed by atoms with Gasteiger partial charge in [0, 0.05) is 18.5 Å². The van der Waals surface area contributed by atoms with Crippen LogP contribution in [0.25, 0.3) is 0 Å². The van der Waals surface area contributed by atoms with Crippen LogP contribution in [0.15, 0.2) is 72.8 Å². The molecule has 6 nitrogen and oxygen atoms in total. The van der Waals surface area contributed by atoms with E-state index in [4.69, 9.17) is 9.47 Å². The van der Waals surface area contributed by atoms with E-state index >= 15 is 0 Å². The van der Waals surface area contributed by atoms with E-state index in [-0.39, 0.29) is 18.9 Å². The van der Waals surface area contributed by atoms with Gasteiger partial charge in [-0.1, -0.05) is 85.6 Å². The lowest BCUT2D eigenvalue weighted by atomic mass is 9.90. The van der Waals surface area contributed by atoms with Crippen molar-refractivity contribution in [3.63, 3.8) is 0 Å². The molecular formula is C32H35NO5. The van der Waals surface area contributed by atoms with E-state index in [2.05, 4.69) is 6.92 Å². The molecule has 1 fully saturated rings. The minimum atomic E-state index is -1.03. The average molecular weight is 514 g/mol. The van der Waals surface area contributed by atoms with Crippen LogP contribution in [0.4, 0.5) is 0 Å². The molecule has 0 unspecified atom stereocenters. The van der Waals surface area contributed by atoms with Crippen molar-refractivity contribution in [2.45, 2.75) is 76.9 Å². The zero-order valence-electron chi connectivity index (χ0n) is 22.1. The van der Waals surface area contributed by atoms with Gasteiger partial charge in [0.25, 0.3) is 5.91 Å². The Hall–Kier alpha value is -3.64. The average Bonchev–Trinajstić information content (AvgIpc) is 3.37. The third kappa shape index (κ3) is 5.46. The lowest BCUT2D eigenvalue weighted by molar-refractivity contribution is -0.166. The van der Waals surface area contributed by atoms with Gasteiger partial charge in [0.1, 0.15) is 18.4 Å². The molecule has 0 radical (unpaired) electrons. The summed E-state index contributed by atoms with van der Waals surface area (Å²) >= 11 is 0. The Balaban J connectivity index is 1.46. The lowest BCUT2D eigenvalue weighted by Gasteiger charge is -2.39. The van der Waals surface area contributed by atoms with E-state index < -0.39 is 23.7 Å². The van der Waals surface area contributed by atoms with E-state index in [1.807, 2.05) is 79.7 Å². The topological polar surface area (TPSA) is 76.1 Å². The van der Waals surface area contributed by atoms with Gasteiger partial charge in [-0.15, -0.1) is 0 Å². The largest absolute Gasteiger partial charge is 0.488 e. The predicted molar refractivity (Wildman–Crippen MR) is 145 cm³/mol. The Morgan fingerprint density at radius 1 is 1.00 bits per heavy atom. The molecule has 0 bridgehead atoms. The first-order valence-corrected chi connectivity index (χ1v) is 13.4. The first-order chi connectivity index (χ1) is 18.3. The number of carbonyl (C=O) groups is 2. The fourth-order valence-electron chi connectivity index (χ4n) is 5.70. The fraction of sp³-hybridized carbons (Fsp3) is 0.375. The normalized spacial score (nSPS) is 19.0. The minimum Gasteiger partial charge on any atom is -0.488 e. The molecule has 3 aromatic rings. The molecule has 0 spiro atoms. The molecule has 0 saturated heterocycles. The fourth-order valence-corrected chi connectivity index (χ4v) is 5.70. The van der Waals surface area contributed by atoms with Gasteiger partial charge in [-0.2, -0.15) is 0 Å². The number of hydrogen-bond acceptors (Lipinski definition) is 4. The number of carbonyl (C=O) groups excluding carboxylic acids is 1. The number of aryl methyl sites for hydroxylation is 1. The van der Waals surface area contributed by atoms with Gasteiger partial charge in [-0.3, -0.25) is 4.79 Å². The molecule has 2 aliphatic rings. The van der Waals surface area contributed by atoms with Gasteiger partial charge < -0.3 is 19.5 Å². The predicted octanol–water partition coefficient (Wildman–Crippen LogP) is 6.00. The van der Waals surface area contributed by atoms with Crippen LogP contribution in [0.2, 0.25) is 0 Å². The van der Waals surface area contributed by atoms with Crippen molar-refractivity contribution < 1.29 is 24.2 Å². The zero-order chi connectivity index (χ0) is 26.7. The van der Waals surface area contributed by atoms with Gasteiger partial charge >= 0.3 is 5.97 Å². The van der Waals surface area contributed by atoms with E-state index in [1.165, 1.54) is 4.90 Å². The van der Waals surface area contributed by atoms with Crippen molar-refractivity contribution in [2.24, 2.45) is 0 Å². The van der Waals surface area contributed by atoms with Gasteiger partial charge in [-0.25, -0.2) is 4.79 Å². The monoisotopic (exact) mass is 513 g/mol. The summed E-state index contributed by atoms with van der Waals surface area (Å²) in [5.74, 6) is -0.632. The summed E-state index contributed by atoms with van der Waals surface area (Å²) in [6, 6.07) is 22.3. The number of nitrogens with zero attached hydrogens (tertiary/aromatic N) is 1. The molecule has 5 rings (SSSR count). The summed E-state index contributed by atoms with van der Waals surface area (Å²) in [5, 5.41) is 10.3. The molecule has 2 atom stereocenters. The standard InChI is InChI=1S/C32H35NO5/c1-22-15-16-25-20-33(27(31(35)36)19-26(25)28(22)37-21-23-11-5-3-6-12-23)30(34)29(24-13-7-4-8-14-24)38-32(2)17-9-10-18-32/h3-8,11-16,27,29H,9-10,17-21H2,1-2H3,(H,35,36)/t27-,29-/m0/s1. The van der Waals surface area contributed by atoms with Crippen molar-refractivity contribution in [3.05, 3.63) is 101 Å². The number of rotatable bonds is 8. The molecule has 0 aromatic heterocycles. The van der Waals surface area contributed by atoms with Crippen LogP contribution < -0.4 is 4.74 Å². The van der Waals surface area contributed by atoms with Crippen molar-refractivity contribution in [2.75, 3.05) is 0 Å². The summed E-state index contributed by atoms with van der Waals surface area (Å²) in [6.07, 6.45) is 3.22. The van der Waals surface area contributed by atoms with Crippen LogP contribution in [0, 0.1) is 6.92 Å². The molecule has 1 saturated carbocycles. The van der Waals surface area contributed by atoms with Crippen LogP contribution in [-0.4, -0.2) is 33.5 Å². The van der Waals surface area contributed by atoms with E-state index in [9.17, 15) is 14.7 Å². The maximum absolute atomic E-state index is 14.1. The first-order valence-electron chi connectivity index (χ1n) is 13.4. The van der Waals surface area contributed by atoms with Crippen LogP contribution in [0.3, 0.4) is 0 Å². The molecule has 1 amide bonds. The van der Waals surface area contributed by atoms with Gasteiger partial charge in [0.2, 0.25) is 0 Å². The summed E-state index contributed by atoms with van der Waals surface area (Å²) < 4.78 is 12.8. The maximum atomic E-state index is 14.1. The van der Waals surface area contributed by atoms with E-state index in [0.717, 1.165) is 53.5 Å². The van der Waals surface area contributed by atoms with Crippen molar-refractivity contribution >= 4 is 11.9 Å². The molecular weight excluding hydrogens is 478 g/mol. The number of aliphatic carboxylic acids is 1. The van der Waals surface area contributed by atoms with Crippen molar-refractivity contribution in [1.29, 1.82) is 0 Å². The Bertz CT molecular complexity index is 1280. The number of amides is 1. The number of hydrogen-bond donors (Lipinski definition) is 1. The maximum Gasteiger partial charge on any atom is 0.326 e. The summed E-state index contributed by atoms with van der Waals surface area (Å²) in [5.41, 5.74) is 4.09. The van der Waals surface area contributed by atoms with E-state index in [0.29, 0.717) is 12.4 Å². The Morgan fingerprint density at radius 3 is 2.32 bits per heavy atom. The third-order valence-corrected chi connectivity index (χ3v) is 7.85. The van der Waals surface area contributed by atoms with Crippen molar-refractivity contribution in [3.8, 4) is 5.75 Å². The van der Waals surface area contributed by atoms with Gasteiger partial charge in [0.15, 0.2) is 6.10 Å². The summed E-state index contributed by atoms with van der Waals surface area (Å²) in [4.78, 5) is 28.2. The van der Waals surface area contributed by atoms with Crippen LogP contribution in [0.1, 0.15) is 66.5 Å². The number of ether oxygens (including phenoxy) is 2. The number of carboxylic acid groups (broad SMARTS) is 1. The number of benzene rings is 3. The molecule has 38 heavy (non-hydrogen) atoms. The summed E-state index contributed by atoms with van der Waals surface area (Å²) in [6.45, 7) is 4.61. The zero-order valence-corrected chi connectivity index (χ0v) is 22.1. The Morgan fingerprint density at radius 2 is 1.66 bits per heavy atom. The molecule has 1 aliphatic carbocycles. The second-order valence-electron chi connectivity index (χ2n) is 10.7.